The molecule has 0 aliphatic carbocycles. The van der Waals surface area contributed by atoms with E-state index < -0.39 is 17.2 Å². The van der Waals surface area contributed by atoms with E-state index >= 15 is 0 Å². The Morgan fingerprint density at radius 3 is 2.55 bits per heavy atom. The minimum atomic E-state index is -1.06. The highest BCUT2D eigenvalue weighted by Gasteiger charge is 2.17. The molecule has 10 heteroatoms. The Labute approximate surface area is 120 Å². The van der Waals surface area contributed by atoms with Gasteiger partial charge in [0.25, 0.3) is 5.56 Å². The molecule has 0 amide bonds. The number of aromatic nitrogens is 4. The summed E-state index contributed by atoms with van der Waals surface area (Å²) in [5.74, 6) is -1.06. The summed E-state index contributed by atoms with van der Waals surface area (Å²) in [5, 5.41) is 12.9. The molecule has 2 aromatic rings. The Hall–Kier alpha value is -1.94. The average Bonchev–Trinajstić information content (AvgIpc) is 2.74. The first-order valence-corrected chi connectivity index (χ1v) is 6.97. The number of rotatable bonds is 3. The van der Waals surface area contributed by atoms with Crippen molar-refractivity contribution < 1.29 is 9.90 Å². The van der Waals surface area contributed by atoms with Crippen molar-refractivity contribution in [3.63, 3.8) is 0 Å². The molecule has 0 aromatic carbocycles. The quantitative estimate of drug-likeness (QED) is 0.855. The van der Waals surface area contributed by atoms with Crippen LogP contribution in [0.3, 0.4) is 0 Å². The van der Waals surface area contributed by atoms with E-state index in [1.165, 1.54) is 14.1 Å². The van der Waals surface area contributed by atoms with Crippen LogP contribution in [-0.4, -0.2) is 30.4 Å². The summed E-state index contributed by atoms with van der Waals surface area (Å²) < 4.78 is 2.37. The maximum absolute atomic E-state index is 11.9. The zero-order chi connectivity index (χ0) is 15.0. The first-order chi connectivity index (χ1) is 9.31. The lowest BCUT2D eigenvalue weighted by Crippen LogP contribution is -2.39. The van der Waals surface area contributed by atoms with E-state index in [4.69, 9.17) is 5.11 Å². The maximum Gasteiger partial charge on any atom is 0.347 e. The number of aromatic carboxylic acids is 1. The summed E-state index contributed by atoms with van der Waals surface area (Å²) in [6.45, 7) is 1.58. The van der Waals surface area contributed by atoms with Gasteiger partial charge in [0.2, 0.25) is 0 Å². The largest absolute Gasteiger partial charge is 0.477 e. The van der Waals surface area contributed by atoms with Crippen LogP contribution in [0, 0.1) is 6.92 Å². The fraction of sp³-hybridized carbons (Fsp3) is 0.300. The lowest BCUT2D eigenvalue weighted by Gasteiger charge is -2.03. The number of carboxylic acid groups (broad SMARTS) is 1. The summed E-state index contributed by atoms with van der Waals surface area (Å²) >= 11 is 1.91. The molecule has 0 saturated heterocycles. The molecule has 0 spiro atoms. The highest BCUT2D eigenvalue weighted by molar-refractivity contribution is 8.01. The zero-order valence-corrected chi connectivity index (χ0v) is 12.4. The summed E-state index contributed by atoms with van der Waals surface area (Å²) in [7, 11) is 2.79. The van der Waals surface area contributed by atoms with E-state index in [9.17, 15) is 14.4 Å². The molecule has 2 aromatic heterocycles. The van der Waals surface area contributed by atoms with Gasteiger partial charge >= 0.3 is 11.7 Å². The third kappa shape index (κ3) is 2.51. The van der Waals surface area contributed by atoms with E-state index in [0.717, 1.165) is 32.3 Å². The van der Waals surface area contributed by atoms with Crippen LogP contribution in [0.15, 0.2) is 19.0 Å². The molecule has 8 nitrogen and oxygen atoms in total. The Morgan fingerprint density at radius 1 is 1.35 bits per heavy atom. The van der Waals surface area contributed by atoms with Crippen molar-refractivity contribution in [2.24, 2.45) is 14.1 Å². The molecule has 0 radical (unpaired) electrons. The molecule has 0 bridgehead atoms. The number of nitrogens with zero attached hydrogens (tertiary/aromatic N) is 4. The second kappa shape index (κ2) is 5.21. The predicted molar refractivity (Wildman–Crippen MR) is 72.7 cm³/mol. The molecule has 2 heterocycles. The van der Waals surface area contributed by atoms with Gasteiger partial charge in [-0.2, -0.15) is 5.10 Å². The van der Waals surface area contributed by atoms with Crippen molar-refractivity contribution in [3.05, 3.63) is 31.4 Å². The fourth-order valence-electron chi connectivity index (χ4n) is 1.43. The van der Waals surface area contributed by atoms with Crippen LogP contribution in [0.4, 0.5) is 0 Å². The van der Waals surface area contributed by atoms with E-state index in [1.807, 2.05) is 0 Å². The normalized spacial score (nSPS) is 10.8. The lowest BCUT2D eigenvalue weighted by atomic mass is 10.4. The molecule has 0 atom stereocenters. The average molecular weight is 314 g/mol. The number of thiazole rings is 1. The van der Waals surface area contributed by atoms with Gasteiger partial charge in [0.05, 0.1) is 5.69 Å². The van der Waals surface area contributed by atoms with Crippen molar-refractivity contribution in [2.75, 3.05) is 0 Å². The van der Waals surface area contributed by atoms with E-state index in [0.29, 0.717) is 10.0 Å². The monoisotopic (exact) mass is 314 g/mol. The number of hydrogen-bond acceptors (Lipinski definition) is 7. The van der Waals surface area contributed by atoms with Crippen LogP contribution in [0.2, 0.25) is 0 Å². The van der Waals surface area contributed by atoms with Crippen LogP contribution >= 0.6 is 23.1 Å². The van der Waals surface area contributed by atoms with Gasteiger partial charge < -0.3 is 5.11 Å². The second-order valence-electron chi connectivity index (χ2n) is 3.88. The molecule has 0 saturated carbocycles. The number of carboxylic acids is 1. The van der Waals surface area contributed by atoms with Crippen LogP contribution in [0.5, 0.6) is 0 Å². The minimum Gasteiger partial charge on any atom is -0.477 e. The first kappa shape index (κ1) is 14.5. The molecule has 106 valence electrons. The number of hydrogen-bond donors (Lipinski definition) is 1. The van der Waals surface area contributed by atoms with Gasteiger partial charge in [-0.3, -0.25) is 9.36 Å². The van der Waals surface area contributed by atoms with Gasteiger partial charge in [0, 0.05) is 14.1 Å². The third-order valence-corrected chi connectivity index (χ3v) is 4.60. The Kier molecular flexibility index (Phi) is 3.77. The summed E-state index contributed by atoms with van der Waals surface area (Å²) in [5.41, 5.74) is -0.685. The number of carbonyl (C=O) groups is 1. The molecule has 0 fully saturated rings. The van der Waals surface area contributed by atoms with Gasteiger partial charge in [0.15, 0.2) is 9.37 Å². The van der Waals surface area contributed by atoms with Crippen molar-refractivity contribution in [3.8, 4) is 0 Å². The molecule has 0 aliphatic rings. The summed E-state index contributed by atoms with van der Waals surface area (Å²) in [6.07, 6.45) is 0. The van der Waals surface area contributed by atoms with Crippen LogP contribution < -0.4 is 11.2 Å². The summed E-state index contributed by atoms with van der Waals surface area (Å²) in [6, 6.07) is 0. The van der Waals surface area contributed by atoms with Crippen LogP contribution in [0.25, 0.3) is 0 Å². The molecule has 0 unspecified atom stereocenters. The minimum absolute atomic E-state index is 0.0697. The standard InChI is InChI=1S/C10H10N4O4S2/c1-4-5(8(16)17)19-9(11-4)20-6-7(15)13(2)10(18)14(3)12-6/h1-3H3,(H,16,17). The van der Waals surface area contributed by atoms with E-state index in [2.05, 4.69) is 10.1 Å². The highest BCUT2D eigenvalue weighted by Crippen LogP contribution is 2.30. The SMILES string of the molecule is Cc1nc(Sc2nn(C)c(=O)n(C)c2=O)sc1C(=O)O. The van der Waals surface area contributed by atoms with Gasteiger partial charge in [-0.15, -0.1) is 0 Å². The summed E-state index contributed by atoms with van der Waals surface area (Å²) in [4.78, 5) is 38.5. The zero-order valence-electron chi connectivity index (χ0n) is 10.8. The lowest BCUT2D eigenvalue weighted by molar-refractivity contribution is 0.0701. The Bertz CT molecular complexity index is 805. The van der Waals surface area contributed by atoms with Crippen molar-refractivity contribution in [2.45, 2.75) is 16.3 Å². The van der Waals surface area contributed by atoms with E-state index in [-0.39, 0.29) is 9.90 Å². The van der Waals surface area contributed by atoms with Crippen molar-refractivity contribution in [1.82, 2.24) is 19.3 Å². The van der Waals surface area contributed by atoms with E-state index in [1.54, 1.807) is 6.92 Å². The van der Waals surface area contributed by atoms with Crippen molar-refractivity contribution >= 4 is 29.1 Å². The van der Waals surface area contributed by atoms with Crippen LogP contribution in [0.1, 0.15) is 15.4 Å². The van der Waals surface area contributed by atoms with Gasteiger partial charge in [0.1, 0.15) is 4.88 Å². The fourth-order valence-corrected chi connectivity index (χ4v) is 3.46. The van der Waals surface area contributed by atoms with Crippen LogP contribution in [-0.2, 0) is 14.1 Å². The Morgan fingerprint density at radius 2 is 2.00 bits per heavy atom. The molecular formula is C10H10N4O4S2. The Balaban J connectivity index is 2.46. The maximum atomic E-state index is 11.9. The third-order valence-electron chi connectivity index (χ3n) is 2.45. The highest BCUT2D eigenvalue weighted by atomic mass is 32.2. The smallest absolute Gasteiger partial charge is 0.347 e. The molecule has 1 N–H and O–H groups in total. The van der Waals surface area contributed by atoms with Gasteiger partial charge in [-0.1, -0.05) is 11.3 Å². The number of aryl methyl sites for hydroxylation is 2. The molecular weight excluding hydrogens is 304 g/mol. The molecule has 20 heavy (non-hydrogen) atoms. The van der Waals surface area contributed by atoms with Gasteiger partial charge in [-0.25, -0.2) is 19.3 Å². The molecule has 0 aliphatic heterocycles. The second-order valence-corrected chi connectivity index (χ2v) is 6.11. The van der Waals surface area contributed by atoms with Crippen molar-refractivity contribution in [1.29, 1.82) is 0 Å². The topological polar surface area (TPSA) is 107 Å². The first-order valence-electron chi connectivity index (χ1n) is 5.34. The van der Waals surface area contributed by atoms with Gasteiger partial charge in [-0.05, 0) is 18.7 Å². The molecule has 2 rings (SSSR count). The predicted octanol–water partition coefficient (Wildman–Crippen LogP) is 0.0933.